The second-order valence-electron chi connectivity index (χ2n) is 5.21. The van der Waals surface area contributed by atoms with E-state index >= 15 is 0 Å². The van der Waals surface area contributed by atoms with Crippen LogP contribution in [-0.2, 0) is 4.52 Å². The first-order valence-corrected chi connectivity index (χ1v) is 11.5. The molecular formula is C8H23O3PSi. The van der Waals surface area contributed by atoms with E-state index in [-0.39, 0.29) is 0 Å². The van der Waals surface area contributed by atoms with E-state index in [1.807, 2.05) is 33.5 Å². The second kappa shape index (κ2) is 3.59. The fourth-order valence-electron chi connectivity index (χ4n) is 0.521. The summed E-state index contributed by atoms with van der Waals surface area (Å²) in [6, 6.07) is 0. The molecule has 0 aromatic carbocycles. The third-order valence-electron chi connectivity index (χ3n) is 2.26. The molecule has 0 rings (SSSR count). The van der Waals surface area contributed by atoms with Crippen molar-refractivity contribution in [2.45, 2.75) is 33.5 Å². The van der Waals surface area contributed by atoms with E-state index < -0.39 is 14.6 Å². The molecule has 5 heteroatoms. The van der Waals surface area contributed by atoms with Crippen LogP contribution in [0.1, 0.15) is 13.8 Å². The van der Waals surface area contributed by atoms with Gasteiger partial charge in [-0.2, -0.15) is 0 Å². The molecule has 2 N–H and O–H groups in total. The fraction of sp³-hybridized carbons (Fsp3) is 1.00. The molecule has 0 aromatic rings. The molecule has 0 aliphatic carbocycles. The van der Waals surface area contributed by atoms with E-state index in [0.29, 0.717) is 12.5 Å². The molecule has 0 unspecified atom stereocenters. The number of rotatable bonds is 4. The van der Waals surface area contributed by atoms with E-state index in [4.69, 9.17) is 4.52 Å². The van der Waals surface area contributed by atoms with Crippen molar-refractivity contribution >= 4 is 14.6 Å². The summed E-state index contributed by atoms with van der Waals surface area (Å²) >= 11 is 0. The standard InChI is InChI=1S/C8H23O3PSi/c1-8(2)7-11-12(3,9,10)13(4,5)6/h8-10H,7H2,1-6H3. The molecule has 0 saturated carbocycles. The first-order chi connectivity index (χ1) is 5.44. The predicted molar refractivity (Wildman–Crippen MR) is 61.4 cm³/mol. The van der Waals surface area contributed by atoms with Crippen LogP contribution in [0.5, 0.6) is 0 Å². The normalized spacial score (nSPS) is 17.2. The summed E-state index contributed by atoms with van der Waals surface area (Å²) in [6.07, 6.45) is 0. The monoisotopic (exact) mass is 226 g/mol. The summed E-state index contributed by atoms with van der Waals surface area (Å²) in [7, 11) is -2.06. The van der Waals surface area contributed by atoms with Gasteiger partial charge in [0.2, 0.25) is 0 Å². The average molecular weight is 226 g/mol. The molecule has 0 saturated heterocycles. The molecule has 0 fully saturated rings. The van der Waals surface area contributed by atoms with E-state index in [9.17, 15) is 9.79 Å². The van der Waals surface area contributed by atoms with Crippen LogP contribution in [0.4, 0.5) is 0 Å². The zero-order valence-electron chi connectivity index (χ0n) is 9.53. The minimum absolute atomic E-state index is 0.331. The maximum absolute atomic E-state index is 10.1. The Morgan fingerprint density at radius 2 is 1.62 bits per heavy atom. The SMILES string of the molecule is CC(C)COP(C)(O)(O)[Si](C)(C)C. The van der Waals surface area contributed by atoms with E-state index in [1.54, 1.807) is 0 Å². The third-order valence-corrected chi connectivity index (χ3v) is 15.8. The Hall–Kier alpha value is 0.527. The Kier molecular flexibility index (Phi) is 3.74. The number of hydrogen-bond acceptors (Lipinski definition) is 3. The summed E-state index contributed by atoms with van der Waals surface area (Å²) in [5.41, 5.74) is 0. The Labute approximate surface area is 82.2 Å². The van der Waals surface area contributed by atoms with Crippen LogP contribution in [0.15, 0.2) is 0 Å². The van der Waals surface area contributed by atoms with Gasteiger partial charge in [0.25, 0.3) is 0 Å². The van der Waals surface area contributed by atoms with Crippen LogP contribution < -0.4 is 0 Å². The molecule has 0 spiro atoms. The molecule has 0 radical (unpaired) electrons. The van der Waals surface area contributed by atoms with Gasteiger partial charge in [0.05, 0.1) is 0 Å². The first-order valence-electron chi connectivity index (χ1n) is 4.61. The van der Waals surface area contributed by atoms with Gasteiger partial charge in [-0.25, -0.2) is 0 Å². The summed E-state index contributed by atoms with van der Waals surface area (Å²) in [6.45, 7) is 7.87. The summed E-state index contributed by atoms with van der Waals surface area (Å²) in [5.74, 6) is 0.331. The van der Waals surface area contributed by atoms with Crippen LogP contribution in [0.25, 0.3) is 0 Å². The van der Waals surface area contributed by atoms with Crippen molar-refractivity contribution < 1.29 is 14.3 Å². The van der Waals surface area contributed by atoms with Gasteiger partial charge in [0.15, 0.2) is 0 Å². The molecule has 13 heavy (non-hydrogen) atoms. The Morgan fingerprint density at radius 3 is 1.85 bits per heavy atom. The van der Waals surface area contributed by atoms with E-state index in [0.717, 1.165) is 0 Å². The van der Waals surface area contributed by atoms with Gasteiger partial charge in [-0.3, -0.25) is 0 Å². The quantitative estimate of drug-likeness (QED) is 0.571. The molecule has 0 atom stereocenters. The van der Waals surface area contributed by atoms with Crippen molar-refractivity contribution in [1.82, 2.24) is 0 Å². The van der Waals surface area contributed by atoms with Crippen LogP contribution in [-0.4, -0.2) is 30.8 Å². The van der Waals surface area contributed by atoms with Crippen LogP contribution in [0, 0.1) is 5.92 Å². The zero-order chi connectivity index (χ0) is 10.9. The predicted octanol–water partition coefficient (Wildman–Crippen LogP) is 2.41. The zero-order valence-corrected chi connectivity index (χ0v) is 11.4. The average Bonchev–Trinajstić information content (AvgIpc) is 1.80. The Balaban J connectivity index is 4.52. The first kappa shape index (κ1) is 13.5. The van der Waals surface area contributed by atoms with Crippen molar-refractivity contribution in [2.24, 2.45) is 5.92 Å². The molecular weight excluding hydrogens is 203 g/mol. The molecule has 0 aliphatic rings. The van der Waals surface area contributed by atoms with E-state index in [1.165, 1.54) is 6.66 Å². The number of hydrogen-bond donors (Lipinski definition) is 2. The van der Waals surface area contributed by atoms with Crippen LogP contribution >= 0.6 is 6.83 Å². The molecule has 0 aliphatic heterocycles. The molecule has 0 aromatic heterocycles. The minimum atomic E-state index is -3.80. The summed E-state index contributed by atoms with van der Waals surface area (Å²) in [4.78, 5) is 20.2. The van der Waals surface area contributed by atoms with Gasteiger partial charge in [0.1, 0.15) is 0 Å². The summed E-state index contributed by atoms with van der Waals surface area (Å²) < 4.78 is 5.35. The van der Waals surface area contributed by atoms with Gasteiger partial charge in [-0.15, -0.1) is 0 Å². The van der Waals surface area contributed by atoms with Crippen molar-refractivity contribution in [1.29, 1.82) is 0 Å². The molecule has 3 nitrogen and oxygen atoms in total. The van der Waals surface area contributed by atoms with Gasteiger partial charge in [-0.05, 0) is 0 Å². The molecule has 0 bridgehead atoms. The topological polar surface area (TPSA) is 49.7 Å². The van der Waals surface area contributed by atoms with E-state index in [2.05, 4.69) is 0 Å². The van der Waals surface area contributed by atoms with Crippen molar-refractivity contribution in [3.63, 3.8) is 0 Å². The molecule has 0 heterocycles. The molecule has 82 valence electrons. The maximum atomic E-state index is 10.1. The Morgan fingerprint density at radius 1 is 1.23 bits per heavy atom. The third kappa shape index (κ3) is 3.64. The van der Waals surface area contributed by atoms with Gasteiger partial charge < -0.3 is 0 Å². The van der Waals surface area contributed by atoms with Gasteiger partial charge in [-0.1, -0.05) is 0 Å². The van der Waals surface area contributed by atoms with Crippen molar-refractivity contribution in [2.75, 3.05) is 13.3 Å². The van der Waals surface area contributed by atoms with Gasteiger partial charge >= 0.3 is 81.6 Å². The molecule has 0 amide bonds. The summed E-state index contributed by atoms with van der Waals surface area (Å²) in [5, 5.41) is 0. The van der Waals surface area contributed by atoms with Crippen LogP contribution in [0.3, 0.4) is 0 Å². The second-order valence-corrected chi connectivity index (χ2v) is 19.6. The van der Waals surface area contributed by atoms with Crippen LogP contribution in [0.2, 0.25) is 19.6 Å². The van der Waals surface area contributed by atoms with Crippen molar-refractivity contribution in [3.05, 3.63) is 0 Å². The fourth-order valence-corrected chi connectivity index (χ4v) is 2.95. The Bertz CT molecular complexity index is 178. The van der Waals surface area contributed by atoms with Crippen molar-refractivity contribution in [3.8, 4) is 0 Å². The van der Waals surface area contributed by atoms with Gasteiger partial charge in [0, 0.05) is 0 Å².